The van der Waals surface area contributed by atoms with Crippen LogP contribution < -0.4 is 10.6 Å². The van der Waals surface area contributed by atoms with E-state index < -0.39 is 24.2 Å². The fourth-order valence-corrected chi connectivity index (χ4v) is 5.66. The lowest BCUT2D eigenvalue weighted by Crippen LogP contribution is -2.49. The summed E-state index contributed by atoms with van der Waals surface area (Å²) in [5.74, 6) is -3.46. The Morgan fingerprint density at radius 2 is 1.74 bits per heavy atom. The van der Waals surface area contributed by atoms with Crippen molar-refractivity contribution >= 4 is 52.0 Å². The molecule has 1 aliphatic heterocycles. The molecular weight excluding hydrogens is 639 g/mol. The summed E-state index contributed by atoms with van der Waals surface area (Å²) in [6.45, 7) is 1.91. The van der Waals surface area contributed by atoms with Gasteiger partial charge in [-0.3, -0.25) is 19.5 Å². The molecule has 2 heterocycles. The van der Waals surface area contributed by atoms with E-state index >= 15 is 0 Å². The smallest absolute Gasteiger partial charge is 0.480 e. The number of rotatable bonds is 14. The quantitative estimate of drug-likeness (QED) is 0.196. The molecule has 0 radical (unpaired) electrons. The van der Waals surface area contributed by atoms with E-state index in [1.807, 2.05) is 46.4 Å². The van der Waals surface area contributed by atoms with Gasteiger partial charge in [-0.05, 0) is 59.7 Å². The monoisotopic (exact) mass is 677 g/mol. The number of thioether (sulfide) groups is 1. The van der Waals surface area contributed by atoms with Crippen LogP contribution in [0.3, 0.4) is 0 Å². The Labute approximate surface area is 274 Å². The Kier molecular flexibility index (Phi) is 14.3. The number of carbonyl (C=O) groups excluding carboxylic acids is 2. The number of nitrogens with one attached hydrogen (secondary N) is 2. The van der Waals surface area contributed by atoms with Gasteiger partial charge in [0.2, 0.25) is 11.8 Å². The Bertz CT molecular complexity index is 1490. The molecule has 47 heavy (non-hydrogen) atoms. The molecule has 0 saturated carbocycles. The molecule has 1 aliphatic rings. The molecule has 1 saturated heterocycles. The molecule has 4 N–H and O–H groups in total. The predicted molar refractivity (Wildman–Crippen MR) is 173 cm³/mol. The number of carbonyl (C=O) groups is 4. The highest BCUT2D eigenvalue weighted by molar-refractivity contribution is 7.98. The summed E-state index contributed by atoms with van der Waals surface area (Å²) in [7, 11) is 0. The molecule has 0 aliphatic carbocycles. The van der Waals surface area contributed by atoms with Crippen molar-refractivity contribution in [2.24, 2.45) is 0 Å². The molecule has 1 unspecified atom stereocenters. The first-order chi connectivity index (χ1) is 22.4. The molecule has 2 aromatic carbocycles. The van der Waals surface area contributed by atoms with E-state index in [9.17, 15) is 32.7 Å². The molecule has 254 valence electrons. The van der Waals surface area contributed by atoms with E-state index in [0.29, 0.717) is 31.8 Å². The highest BCUT2D eigenvalue weighted by atomic mass is 32.2. The van der Waals surface area contributed by atoms with Crippen LogP contribution >= 0.6 is 11.8 Å². The largest absolute Gasteiger partial charge is 0.490 e. The maximum absolute atomic E-state index is 13.2. The first kappa shape index (κ1) is 37.1. The Morgan fingerprint density at radius 3 is 2.40 bits per heavy atom. The van der Waals surface area contributed by atoms with Crippen molar-refractivity contribution in [3.8, 4) is 0 Å². The summed E-state index contributed by atoms with van der Waals surface area (Å²) in [6, 6.07) is 16.9. The lowest BCUT2D eigenvalue weighted by atomic mass is 10.0. The average Bonchev–Trinajstić information content (AvgIpc) is 3.50. The number of benzene rings is 2. The maximum Gasteiger partial charge on any atom is 0.490 e. The molecule has 2 atom stereocenters. The predicted octanol–water partition coefficient (Wildman–Crippen LogP) is 4.10. The van der Waals surface area contributed by atoms with E-state index in [-0.39, 0.29) is 30.9 Å². The van der Waals surface area contributed by atoms with Crippen LogP contribution in [0, 0.1) is 0 Å². The van der Waals surface area contributed by atoms with E-state index in [1.165, 1.54) is 0 Å². The van der Waals surface area contributed by atoms with Gasteiger partial charge in [0.15, 0.2) is 0 Å². The summed E-state index contributed by atoms with van der Waals surface area (Å²) in [5, 5.41) is 24.8. The Balaban J connectivity index is 0.000000771. The number of nitrogens with zero attached hydrogens (tertiary/aromatic N) is 3. The summed E-state index contributed by atoms with van der Waals surface area (Å²) < 4.78 is 31.7. The number of carboxylic acids is 2. The normalized spacial score (nSPS) is 15.1. The van der Waals surface area contributed by atoms with E-state index in [2.05, 4.69) is 39.9 Å². The van der Waals surface area contributed by atoms with Crippen LogP contribution in [0.25, 0.3) is 10.8 Å². The second kappa shape index (κ2) is 18.1. The van der Waals surface area contributed by atoms with Gasteiger partial charge in [-0.25, -0.2) is 9.59 Å². The lowest BCUT2D eigenvalue weighted by Gasteiger charge is -2.31. The zero-order valence-corrected chi connectivity index (χ0v) is 26.6. The van der Waals surface area contributed by atoms with Gasteiger partial charge in [0.25, 0.3) is 0 Å². The molecule has 11 nitrogen and oxygen atoms in total. The number of alkyl halides is 3. The molecule has 0 bridgehead atoms. The number of aromatic nitrogens is 1. The number of pyridine rings is 1. The molecule has 1 fully saturated rings. The van der Waals surface area contributed by atoms with Crippen molar-refractivity contribution in [1.82, 2.24) is 20.1 Å². The van der Waals surface area contributed by atoms with Gasteiger partial charge in [0, 0.05) is 43.8 Å². The van der Waals surface area contributed by atoms with Crippen LogP contribution in [0.4, 0.5) is 18.9 Å². The molecular formula is C32H38F3N5O6S. The summed E-state index contributed by atoms with van der Waals surface area (Å²) in [4.78, 5) is 54.9. The summed E-state index contributed by atoms with van der Waals surface area (Å²) in [6.07, 6.45) is 2.29. The third-order valence-electron chi connectivity index (χ3n) is 7.42. The molecule has 2 amide bonds. The SMILES string of the molecule is CSCCC(NC(=O)CN(Cc1cccc2ccccc12)C[C@@H]1CCCN1C(=O)CNc1ccncc1)C(=O)O.O=C(O)C(F)(F)F. The van der Waals surface area contributed by atoms with Gasteiger partial charge < -0.3 is 25.7 Å². The van der Waals surface area contributed by atoms with Crippen LogP contribution in [-0.2, 0) is 25.7 Å². The fraction of sp³-hybridized carbons (Fsp3) is 0.406. The second-order valence-electron chi connectivity index (χ2n) is 10.8. The summed E-state index contributed by atoms with van der Waals surface area (Å²) in [5.41, 5.74) is 1.92. The zero-order chi connectivity index (χ0) is 34.4. The number of hydrogen-bond donors (Lipinski definition) is 4. The minimum Gasteiger partial charge on any atom is -0.480 e. The minimum absolute atomic E-state index is 0.0110. The fourth-order valence-electron chi connectivity index (χ4n) is 5.19. The van der Waals surface area contributed by atoms with Crippen LogP contribution in [0.5, 0.6) is 0 Å². The summed E-state index contributed by atoms with van der Waals surface area (Å²) >= 11 is 1.55. The highest BCUT2D eigenvalue weighted by Gasteiger charge is 2.38. The number of fused-ring (bicyclic) bond motifs is 1. The van der Waals surface area contributed by atoms with E-state index in [4.69, 9.17) is 9.90 Å². The third kappa shape index (κ3) is 12.1. The topological polar surface area (TPSA) is 152 Å². The standard InChI is InChI=1S/C30H37N5O4S.C2HF3O2/c1-40-17-13-27(30(38)39)33-28(36)21-34(19-23-8-4-7-22-6-2-3-10-26(22)23)20-25-9-5-16-35(25)29(37)18-32-24-11-14-31-15-12-24;3-2(4,5)1(6)7/h2-4,6-8,10-12,14-15,25,27H,5,9,13,16-21H2,1H3,(H,31,32)(H,33,36)(H,38,39);(H,6,7)/t25-,27?;/m0./s1. The number of amides is 2. The number of likely N-dealkylation sites (tertiary alicyclic amines) is 1. The van der Waals surface area contributed by atoms with E-state index in [1.54, 1.807) is 24.2 Å². The van der Waals surface area contributed by atoms with Crippen molar-refractivity contribution < 1.29 is 42.6 Å². The first-order valence-electron chi connectivity index (χ1n) is 14.8. The Hall–Kier alpha value is -4.37. The Morgan fingerprint density at radius 1 is 1.06 bits per heavy atom. The van der Waals surface area contributed by atoms with Crippen molar-refractivity contribution in [3.05, 3.63) is 72.6 Å². The van der Waals surface area contributed by atoms with Gasteiger partial charge >= 0.3 is 18.1 Å². The van der Waals surface area contributed by atoms with Crippen molar-refractivity contribution in [3.63, 3.8) is 0 Å². The minimum atomic E-state index is -5.08. The number of hydrogen-bond acceptors (Lipinski definition) is 8. The molecule has 0 spiro atoms. The number of anilines is 1. The van der Waals surface area contributed by atoms with Gasteiger partial charge in [0.05, 0.1) is 13.1 Å². The molecule has 1 aromatic heterocycles. The lowest BCUT2D eigenvalue weighted by molar-refractivity contribution is -0.192. The number of carboxylic acid groups (broad SMARTS) is 2. The van der Waals surface area contributed by atoms with Gasteiger partial charge in [-0.1, -0.05) is 42.5 Å². The van der Waals surface area contributed by atoms with Gasteiger partial charge in [-0.2, -0.15) is 24.9 Å². The van der Waals surface area contributed by atoms with Crippen LogP contribution in [0.2, 0.25) is 0 Å². The van der Waals surface area contributed by atoms with Crippen LogP contribution in [0.1, 0.15) is 24.8 Å². The molecule has 15 heteroatoms. The van der Waals surface area contributed by atoms with Gasteiger partial charge in [-0.15, -0.1) is 0 Å². The number of halogens is 3. The van der Waals surface area contributed by atoms with Crippen molar-refractivity contribution in [2.45, 2.75) is 44.1 Å². The van der Waals surface area contributed by atoms with Gasteiger partial charge in [0.1, 0.15) is 6.04 Å². The average molecular weight is 678 g/mol. The maximum atomic E-state index is 13.2. The van der Waals surface area contributed by atoms with E-state index in [0.717, 1.165) is 34.9 Å². The second-order valence-corrected chi connectivity index (χ2v) is 11.8. The highest BCUT2D eigenvalue weighted by Crippen LogP contribution is 2.23. The molecule has 3 aromatic rings. The zero-order valence-electron chi connectivity index (χ0n) is 25.8. The number of aliphatic carboxylic acids is 2. The van der Waals surface area contributed by atoms with Crippen LogP contribution in [-0.4, -0.2) is 105 Å². The van der Waals surface area contributed by atoms with Crippen molar-refractivity contribution in [1.29, 1.82) is 0 Å². The molecule has 4 rings (SSSR count). The third-order valence-corrected chi connectivity index (χ3v) is 8.06. The van der Waals surface area contributed by atoms with Crippen molar-refractivity contribution in [2.75, 3.05) is 43.5 Å². The van der Waals surface area contributed by atoms with Crippen LogP contribution in [0.15, 0.2) is 67.0 Å². The first-order valence-corrected chi connectivity index (χ1v) is 16.2.